The Hall–Kier alpha value is 0.0900. The molecule has 0 radical (unpaired) electrons. The fourth-order valence-electron chi connectivity index (χ4n) is 8.77. The fraction of sp³-hybridized carbons (Fsp3) is 0.926. The van der Waals surface area contributed by atoms with Gasteiger partial charge in [-0.15, -0.1) is 11.8 Å². The van der Waals surface area contributed by atoms with E-state index in [0.29, 0.717) is 0 Å². The average Bonchev–Trinajstić information content (AvgIpc) is 3.32. The zero-order valence-electron chi connectivity index (χ0n) is 18.7. The quantitative estimate of drug-likeness (QED) is 0.457. The van der Waals surface area contributed by atoms with Crippen LogP contribution in [-0.4, -0.2) is 5.25 Å². The molecule has 0 amide bonds. The molecule has 4 saturated carbocycles. The van der Waals surface area contributed by atoms with E-state index in [9.17, 15) is 0 Å². The number of allylic oxidation sites excluding steroid dienone is 1. The summed E-state index contributed by atoms with van der Waals surface area (Å²) in [5.41, 5.74) is 1.91. The number of hydrogen-bond acceptors (Lipinski definition) is 1. The highest BCUT2D eigenvalue weighted by Gasteiger charge is 2.48. The topological polar surface area (TPSA) is 0 Å². The molecule has 1 heteroatoms. The summed E-state index contributed by atoms with van der Waals surface area (Å²) < 4.78 is 0. The van der Waals surface area contributed by atoms with Crippen molar-refractivity contribution in [2.75, 3.05) is 0 Å². The molecule has 28 heavy (non-hydrogen) atoms. The predicted molar refractivity (Wildman–Crippen MR) is 123 cm³/mol. The number of rotatable bonds is 4. The Morgan fingerprint density at radius 2 is 1.46 bits per heavy atom. The van der Waals surface area contributed by atoms with Crippen LogP contribution >= 0.6 is 11.8 Å². The Bertz CT molecular complexity index is 579. The Morgan fingerprint density at radius 1 is 0.750 bits per heavy atom. The lowest BCUT2D eigenvalue weighted by Crippen LogP contribution is -2.25. The van der Waals surface area contributed by atoms with Gasteiger partial charge in [-0.05, 0) is 97.2 Å². The first-order chi connectivity index (χ1) is 13.6. The maximum absolute atomic E-state index is 2.68. The van der Waals surface area contributed by atoms with Gasteiger partial charge in [0.15, 0.2) is 0 Å². The minimum absolute atomic E-state index is 0.931. The summed E-state index contributed by atoms with van der Waals surface area (Å²) in [6, 6.07) is 0. The molecule has 1 aliphatic heterocycles. The molecule has 10 unspecified atom stereocenters. The average molecular weight is 401 g/mol. The van der Waals surface area contributed by atoms with Crippen LogP contribution in [0.25, 0.3) is 0 Å². The first-order valence-corrected chi connectivity index (χ1v) is 13.9. The molecule has 0 spiro atoms. The summed E-state index contributed by atoms with van der Waals surface area (Å²) >= 11 is 2.27. The van der Waals surface area contributed by atoms with Crippen molar-refractivity contribution in [2.24, 2.45) is 53.3 Å². The first-order valence-electron chi connectivity index (χ1n) is 13.0. The molecule has 0 nitrogen and oxygen atoms in total. The van der Waals surface area contributed by atoms with Gasteiger partial charge in [-0.1, -0.05) is 64.9 Å². The van der Waals surface area contributed by atoms with E-state index in [0.717, 1.165) is 58.5 Å². The summed E-state index contributed by atoms with van der Waals surface area (Å²) in [6.45, 7) is 7.74. The molecular formula is C27H44S. The predicted octanol–water partition coefficient (Wildman–Crippen LogP) is 8.33. The zero-order valence-corrected chi connectivity index (χ0v) is 19.6. The SMILES string of the molecule is CC1CCCCC1C1=CSC2C1CC(C)C2CCC1C(C)CC2CCCCC21. The van der Waals surface area contributed by atoms with Crippen LogP contribution in [0.15, 0.2) is 11.0 Å². The Morgan fingerprint density at radius 3 is 2.32 bits per heavy atom. The third-order valence-electron chi connectivity index (χ3n) is 10.3. The maximum atomic E-state index is 2.68. The summed E-state index contributed by atoms with van der Waals surface area (Å²) in [5, 5.41) is 3.62. The molecule has 0 aromatic heterocycles. The van der Waals surface area contributed by atoms with Crippen LogP contribution in [0.2, 0.25) is 0 Å². The van der Waals surface area contributed by atoms with Crippen molar-refractivity contribution in [1.82, 2.24) is 0 Å². The number of fused-ring (bicyclic) bond motifs is 2. The second kappa shape index (κ2) is 8.32. The molecular weight excluding hydrogens is 356 g/mol. The number of thioether (sulfide) groups is 1. The third kappa shape index (κ3) is 3.54. The molecule has 0 N–H and O–H groups in total. The molecule has 1 heterocycles. The van der Waals surface area contributed by atoms with Gasteiger partial charge in [0.25, 0.3) is 0 Å². The van der Waals surface area contributed by atoms with Gasteiger partial charge < -0.3 is 0 Å². The first kappa shape index (κ1) is 20.0. The number of hydrogen-bond donors (Lipinski definition) is 0. The van der Waals surface area contributed by atoms with E-state index >= 15 is 0 Å². The summed E-state index contributed by atoms with van der Waals surface area (Å²) in [4.78, 5) is 0. The van der Waals surface area contributed by atoms with Crippen LogP contribution in [-0.2, 0) is 0 Å². The van der Waals surface area contributed by atoms with Gasteiger partial charge >= 0.3 is 0 Å². The van der Waals surface area contributed by atoms with Crippen molar-refractivity contribution >= 4 is 11.8 Å². The van der Waals surface area contributed by atoms with Gasteiger partial charge in [0.1, 0.15) is 0 Å². The third-order valence-corrected chi connectivity index (χ3v) is 11.7. The molecule has 5 rings (SSSR count). The lowest BCUT2D eigenvalue weighted by molar-refractivity contribution is 0.197. The van der Waals surface area contributed by atoms with E-state index in [2.05, 4.69) is 37.9 Å². The van der Waals surface area contributed by atoms with Crippen molar-refractivity contribution in [1.29, 1.82) is 0 Å². The van der Waals surface area contributed by atoms with Crippen molar-refractivity contribution in [3.8, 4) is 0 Å². The Labute approximate surface area is 179 Å². The summed E-state index contributed by atoms with van der Waals surface area (Å²) in [7, 11) is 0. The van der Waals surface area contributed by atoms with Gasteiger partial charge in [-0.25, -0.2) is 0 Å². The van der Waals surface area contributed by atoms with Crippen LogP contribution in [0, 0.1) is 53.3 Å². The van der Waals surface area contributed by atoms with E-state index in [-0.39, 0.29) is 0 Å². The molecule has 158 valence electrons. The molecule has 4 aliphatic carbocycles. The highest BCUT2D eigenvalue weighted by Crippen LogP contribution is 2.58. The van der Waals surface area contributed by atoms with Crippen LogP contribution in [0.3, 0.4) is 0 Å². The Balaban J connectivity index is 1.22. The molecule has 0 saturated heterocycles. The molecule has 5 aliphatic rings. The highest BCUT2D eigenvalue weighted by molar-refractivity contribution is 8.03. The van der Waals surface area contributed by atoms with E-state index in [1.807, 2.05) is 5.57 Å². The maximum Gasteiger partial charge on any atom is 0.0185 e. The Kier molecular flexibility index (Phi) is 5.95. The molecule has 10 atom stereocenters. The standard InChI is InChI=1S/C27H44S/c1-17-8-4-6-10-21(17)26-16-28-27-23(19(3)15-25(26)27)13-12-22-18(2)14-20-9-5-7-11-24(20)22/h16-25,27H,4-15H2,1-3H3. The molecule has 0 bridgehead atoms. The lowest BCUT2D eigenvalue weighted by atomic mass is 9.72. The van der Waals surface area contributed by atoms with E-state index in [1.165, 1.54) is 51.4 Å². The van der Waals surface area contributed by atoms with Crippen molar-refractivity contribution in [2.45, 2.75) is 103 Å². The summed E-state index contributed by atoms with van der Waals surface area (Å²) in [6.07, 6.45) is 18.2. The minimum Gasteiger partial charge on any atom is -0.130 e. The normalized spacial score (nSPS) is 51.0. The molecule has 0 aromatic rings. The largest absolute Gasteiger partial charge is 0.130 e. The van der Waals surface area contributed by atoms with Crippen molar-refractivity contribution in [3.05, 3.63) is 11.0 Å². The van der Waals surface area contributed by atoms with Crippen molar-refractivity contribution in [3.63, 3.8) is 0 Å². The molecule has 0 aromatic carbocycles. The lowest BCUT2D eigenvalue weighted by Gasteiger charge is -2.33. The van der Waals surface area contributed by atoms with Gasteiger partial charge in [0, 0.05) is 5.25 Å². The highest BCUT2D eigenvalue weighted by atomic mass is 32.2. The van der Waals surface area contributed by atoms with Crippen LogP contribution in [0.1, 0.15) is 97.8 Å². The summed E-state index contributed by atoms with van der Waals surface area (Å²) in [5.74, 6) is 9.05. The van der Waals surface area contributed by atoms with Crippen molar-refractivity contribution < 1.29 is 0 Å². The van der Waals surface area contributed by atoms with Crippen LogP contribution < -0.4 is 0 Å². The monoisotopic (exact) mass is 400 g/mol. The minimum atomic E-state index is 0.931. The van der Waals surface area contributed by atoms with Crippen LogP contribution in [0.4, 0.5) is 0 Å². The second-order valence-corrected chi connectivity index (χ2v) is 12.8. The van der Waals surface area contributed by atoms with E-state index in [4.69, 9.17) is 0 Å². The van der Waals surface area contributed by atoms with E-state index in [1.54, 1.807) is 25.7 Å². The van der Waals surface area contributed by atoms with Gasteiger partial charge in [-0.3, -0.25) is 0 Å². The van der Waals surface area contributed by atoms with Gasteiger partial charge in [0.05, 0.1) is 0 Å². The molecule has 4 fully saturated rings. The zero-order chi connectivity index (χ0) is 19.3. The van der Waals surface area contributed by atoms with Gasteiger partial charge in [0.2, 0.25) is 0 Å². The second-order valence-electron chi connectivity index (χ2n) is 11.7. The fourth-order valence-corrected chi connectivity index (χ4v) is 10.5. The van der Waals surface area contributed by atoms with Crippen LogP contribution in [0.5, 0.6) is 0 Å². The van der Waals surface area contributed by atoms with Gasteiger partial charge in [-0.2, -0.15) is 0 Å². The van der Waals surface area contributed by atoms with E-state index < -0.39 is 0 Å². The smallest absolute Gasteiger partial charge is 0.0185 e.